The van der Waals surface area contributed by atoms with Crippen molar-refractivity contribution >= 4 is 22.6 Å². The smallest absolute Gasteiger partial charge is 0.244 e. The van der Waals surface area contributed by atoms with E-state index in [0.29, 0.717) is 12.3 Å². The molecule has 0 saturated carbocycles. The van der Waals surface area contributed by atoms with Gasteiger partial charge in [-0.1, -0.05) is 30.3 Å². The molecule has 6 nitrogen and oxygen atoms in total. The number of anilines is 1. The summed E-state index contributed by atoms with van der Waals surface area (Å²) in [4.78, 5) is 19.5. The van der Waals surface area contributed by atoms with Crippen molar-refractivity contribution in [3.05, 3.63) is 84.7 Å². The van der Waals surface area contributed by atoms with E-state index < -0.39 is 0 Å². The summed E-state index contributed by atoms with van der Waals surface area (Å²) in [6.07, 6.45) is 0. The van der Waals surface area contributed by atoms with Gasteiger partial charge in [0.05, 0.1) is 17.6 Å². The van der Waals surface area contributed by atoms with Crippen LogP contribution in [0.1, 0.15) is 5.82 Å². The van der Waals surface area contributed by atoms with E-state index in [1.165, 1.54) is 0 Å². The lowest BCUT2D eigenvalue weighted by atomic mass is 10.3. The molecule has 152 valence electrons. The molecule has 1 N–H and O–H groups in total. The highest BCUT2D eigenvalue weighted by Crippen LogP contribution is 2.23. The number of ether oxygens (including phenoxy) is 1. The Morgan fingerprint density at radius 2 is 1.60 bits per heavy atom. The highest BCUT2D eigenvalue weighted by molar-refractivity contribution is 5.91. The van der Waals surface area contributed by atoms with E-state index in [9.17, 15) is 4.79 Å². The van der Waals surface area contributed by atoms with Gasteiger partial charge in [-0.2, -0.15) is 0 Å². The van der Waals surface area contributed by atoms with Crippen LogP contribution in [-0.2, 0) is 17.9 Å². The molecule has 1 heterocycles. The van der Waals surface area contributed by atoms with Gasteiger partial charge in [-0.25, -0.2) is 4.98 Å². The molecule has 4 rings (SSSR count). The Morgan fingerprint density at radius 1 is 0.933 bits per heavy atom. The largest absolute Gasteiger partial charge is 0.457 e. The minimum absolute atomic E-state index is 0.102. The maximum Gasteiger partial charge on any atom is 0.244 e. The van der Waals surface area contributed by atoms with Crippen LogP contribution in [0.2, 0.25) is 0 Å². The molecule has 0 radical (unpaired) electrons. The number of hydrogen-bond donors (Lipinski definition) is 1. The van der Waals surface area contributed by atoms with Crippen molar-refractivity contribution in [3.8, 4) is 11.5 Å². The Balaban J connectivity index is 1.46. The summed E-state index contributed by atoms with van der Waals surface area (Å²) in [5.41, 5.74) is 2.57. The summed E-state index contributed by atoms with van der Waals surface area (Å²) < 4.78 is 7.76. The molecule has 4 aromatic rings. The molecule has 0 spiro atoms. The zero-order valence-electron chi connectivity index (χ0n) is 17.1. The van der Waals surface area contributed by atoms with Crippen molar-refractivity contribution in [2.45, 2.75) is 13.1 Å². The highest BCUT2D eigenvalue weighted by atomic mass is 16.5. The van der Waals surface area contributed by atoms with E-state index in [2.05, 4.69) is 10.3 Å². The number of fused-ring (bicyclic) bond motifs is 1. The first-order valence-electron chi connectivity index (χ1n) is 9.80. The maximum atomic E-state index is 12.7. The van der Waals surface area contributed by atoms with E-state index >= 15 is 0 Å². The van der Waals surface area contributed by atoms with Crippen molar-refractivity contribution in [2.75, 3.05) is 19.4 Å². The van der Waals surface area contributed by atoms with Gasteiger partial charge in [0.1, 0.15) is 23.9 Å². The van der Waals surface area contributed by atoms with Gasteiger partial charge in [-0.05, 0) is 62.6 Å². The van der Waals surface area contributed by atoms with Crippen LogP contribution in [-0.4, -0.2) is 34.5 Å². The maximum absolute atomic E-state index is 12.7. The first-order chi connectivity index (χ1) is 14.6. The Bertz CT molecular complexity index is 1140. The third-order valence-corrected chi connectivity index (χ3v) is 4.61. The van der Waals surface area contributed by atoms with Crippen LogP contribution in [0.5, 0.6) is 11.5 Å². The zero-order valence-corrected chi connectivity index (χ0v) is 17.1. The van der Waals surface area contributed by atoms with Gasteiger partial charge in [0, 0.05) is 5.69 Å². The van der Waals surface area contributed by atoms with Gasteiger partial charge in [-0.15, -0.1) is 0 Å². The Kier molecular flexibility index (Phi) is 5.77. The monoisotopic (exact) mass is 400 g/mol. The molecule has 0 atom stereocenters. The fourth-order valence-corrected chi connectivity index (χ4v) is 3.28. The predicted octanol–water partition coefficient (Wildman–Crippen LogP) is 4.53. The second-order valence-corrected chi connectivity index (χ2v) is 7.33. The molecule has 0 unspecified atom stereocenters. The van der Waals surface area contributed by atoms with Crippen LogP contribution < -0.4 is 10.1 Å². The second-order valence-electron chi connectivity index (χ2n) is 7.33. The van der Waals surface area contributed by atoms with Gasteiger partial charge < -0.3 is 19.5 Å². The number of aromatic nitrogens is 2. The normalized spacial score (nSPS) is 11.0. The summed E-state index contributed by atoms with van der Waals surface area (Å²) in [7, 11) is 3.98. The lowest BCUT2D eigenvalue weighted by Gasteiger charge is -2.13. The summed E-state index contributed by atoms with van der Waals surface area (Å²) in [6, 6.07) is 24.8. The van der Waals surface area contributed by atoms with Gasteiger partial charge >= 0.3 is 0 Å². The first kappa shape index (κ1) is 19.7. The molecule has 0 aliphatic rings. The number of benzene rings is 3. The first-order valence-corrected chi connectivity index (χ1v) is 9.80. The Labute approximate surface area is 175 Å². The van der Waals surface area contributed by atoms with Gasteiger partial charge in [0.15, 0.2) is 0 Å². The van der Waals surface area contributed by atoms with Crippen molar-refractivity contribution < 1.29 is 9.53 Å². The molecular weight excluding hydrogens is 376 g/mol. The number of nitrogens with zero attached hydrogens (tertiary/aromatic N) is 3. The zero-order chi connectivity index (χ0) is 20.9. The van der Waals surface area contributed by atoms with Crippen LogP contribution in [0.25, 0.3) is 11.0 Å². The second kappa shape index (κ2) is 8.80. The highest BCUT2D eigenvalue weighted by Gasteiger charge is 2.14. The minimum Gasteiger partial charge on any atom is -0.457 e. The quantitative estimate of drug-likeness (QED) is 0.495. The third-order valence-electron chi connectivity index (χ3n) is 4.61. The van der Waals surface area contributed by atoms with Crippen molar-refractivity contribution in [3.63, 3.8) is 0 Å². The lowest BCUT2D eigenvalue weighted by molar-refractivity contribution is -0.116. The van der Waals surface area contributed by atoms with Crippen LogP contribution in [0.4, 0.5) is 5.69 Å². The number of nitrogens with one attached hydrogen (secondary N) is 1. The summed E-state index contributed by atoms with van der Waals surface area (Å²) >= 11 is 0. The molecule has 0 saturated heterocycles. The van der Waals surface area contributed by atoms with Gasteiger partial charge in [0.25, 0.3) is 0 Å². The minimum atomic E-state index is -0.102. The SMILES string of the molecule is CN(C)Cc1nc2ccccc2n1CC(=O)Nc1ccc(Oc2ccccc2)cc1. The lowest BCUT2D eigenvalue weighted by Crippen LogP contribution is -2.22. The molecule has 0 bridgehead atoms. The van der Waals surface area contributed by atoms with Crippen molar-refractivity contribution in [1.82, 2.24) is 14.5 Å². The number of carbonyl (C=O) groups is 1. The molecular formula is C24H24N4O2. The summed E-state index contributed by atoms with van der Waals surface area (Å²) in [5.74, 6) is 2.25. The number of para-hydroxylation sites is 3. The van der Waals surface area contributed by atoms with E-state index in [4.69, 9.17) is 4.74 Å². The van der Waals surface area contributed by atoms with E-state index in [1.54, 1.807) is 0 Å². The molecule has 30 heavy (non-hydrogen) atoms. The fourth-order valence-electron chi connectivity index (χ4n) is 3.28. The van der Waals surface area contributed by atoms with E-state index in [1.807, 2.05) is 102 Å². The third kappa shape index (κ3) is 4.67. The number of amides is 1. The standard InChI is InChI=1S/C24H24N4O2/c1-27(2)16-23-26-21-10-6-7-11-22(21)28(23)17-24(29)25-18-12-14-20(15-13-18)30-19-8-4-3-5-9-19/h3-15H,16-17H2,1-2H3,(H,25,29). The van der Waals surface area contributed by atoms with E-state index in [0.717, 1.165) is 28.3 Å². The number of rotatable bonds is 7. The molecule has 1 aromatic heterocycles. The van der Waals surface area contributed by atoms with Gasteiger partial charge in [-0.3, -0.25) is 4.79 Å². The Hall–Kier alpha value is -3.64. The van der Waals surface area contributed by atoms with Crippen LogP contribution in [0.15, 0.2) is 78.9 Å². The Morgan fingerprint density at radius 3 is 2.33 bits per heavy atom. The number of hydrogen-bond acceptors (Lipinski definition) is 4. The van der Waals surface area contributed by atoms with Gasteiger partial charge in [0.2, 0.25) is 5.91 Å². The van der Waals surface area contributed by atoms with Crippen molar-refractivity contribution in [2.24, 2.45) is 0 Å². The van der Waals surface area contributed by atoms with Crippen molar-refractivity contribution in [1.29, 1.82) is 0 Å². The summed E-state index contributed by atoms with van der Waals surface area (Å²) in [5, 5.41) is 2.96. The molecule has 3 aromatic carbocycles. The van der Waals surface area contributed by atoms with Crippen LogP contribution >= 0.6 is 0 Å². The van der Waals surface area contributed by atoms with Crippen LogP contribution in [0, 0.1) is 0 Å². The molecule has 0 fully saturated rings. The fraction of sp³-hybridized carbons (Fsp3) is 0.167. The topological polar surface area (TPSA) is 59.4 Å². The molecule has 6 heteroatoms. The number of carbonyl (C=O) groups excluding carboxylic acids is 1. The molecule has 0 aliphatic carbocycles. The average Bonchev–Trinajstić information content (AvgIpc) is 3.06. The summed E-state index contributed by atoms with van der Waals surface area (Å²) in [6.45, 7) is 0.861. The molecule has 0 aliphatic heterocycles. The van der Waals surface area contributed by atoms with E-state index in [-0.39, 0.29) is 12.5 Å². The number of imidazole rings is 1. The van der Waals surface area contributed by atoms with Crippen LogP contribution in [0.3, 0.4) is 0 Å². The average molecular weight is 400 g/mol. The molecule has 1 amide bonds. The predicted molar refractivity (Wildman–Crippen MR) is 119 cm³/mol.